The Morgan fingerprint density at radius 2 is 0.788 bits per heavy atom. The van der Waals surface area contributed by atoms with Crippen molar-refractivity contribution in [3.63, 3.8) is 0 Å². The first-order chi connectivity index (χ1) is 14.2. The van der Waals surface area contributed by atoms with Gasteiger partial charge in [0.25, 0.3) is 0 Å². The van der Waals surface area contributed by atoms with Crippen molar-refractivity contribution in [2.45, 2.75) is 86.9 Å². The summed E-state index contributed by atoms with van der Waals surface area (Å²) >= 11 is 0. The summed E-state index contributed by atoms with van der Waals surface area (Å²) in [5.74, 6) is -61.3. The van der Waals surface area contributed by atoms with Gasteiger partial charge in [-0.2, -0.15) is 70.2 Å². The average molecular weight is 526 g/mol. The lowest BCUT2D eigenvalue weighted by atomic mass is 9.85. The van der Waals surface area contributed by atoms with E-state index in [2.05, 4.69) is 6.58 Å². The van der Waals surface area contributed by atoms with Crippen LogP contribution in [0, 0.1) is 5.92 Å². The van der Waals surface area contributed by atoms with Gasteiger partial charge in [0, 0.05) is 12.8 Å². The molecule has 16 heteroatoms. The lowest BCUT2D eigenvalue weighted by molar-refractivity contribution is -0.453. The Morgan fingerprint density at radius 1 is 0.515 bits per heavy atom. The Morgan fingerprint density at radius 3 is 1.06 bits per heavy atom. The standard InChI is InChI=1S/C17H18F16/c1-4-5-7-10(18,19)12(22,23)14(26,27)16(30,31)17(32,33)15(28,29)13(24,25)11(20,21)8-6-9(2)3/h4,9H,1,5-8H2,2-3H3. The van der Waals surface area contributed by atoms with E-state index in [0.29, 0.717) is 6.08 Å². The van der Waals surface area contributed by atoms with Gasteiger partial charge in [0.2, 0.25) is 0 Å². The summed E-state index contributed by atoms with van der Waals surface area (Å²) in [5.41, 5.74) is 0. The van der Waals surface area contributed by atoms with Crippen molar-refractivity contribution in [2.24, 2.45) is 5.92 Å². The number of halogens is 16. The molecule has 0 rings (SSSR count). The maximum absolute atomic E-state index is 13.7. The van der Waals surface area contributed by atoms with E-state index in [-0.39, 0.29) is 0 Å². The van der Waals surface area contributed by atoms with Crippen LogP contribution in [-0.2, 0) is 0 Å². The molecule has 0 amide bonds. The van der Waals surface area contributed by atoms with Gasteiger partial charge in [0.1, 0.15) is 0 Å². The topological polar surface area (TPSA) is 0 Å². The molecule has 0 aliphatic heterocycles. The van der Waals surface area contributed by atoms with E-state index in [1.807, 2.05) is 0 Å². The van der Waals surface area contributed by atoms with Gasteiger partial charge in [-0.3, -0.25) is 0 Å². The van der Waals surface area contributed by atoms with E-state index >= 15 is 0 Å². The maximum atomic E-state index is 13.7. The third kappa shape index (κ3) is 4.76. The van der Waals surface area contributed by atoms with Gasteiger partial charge in [-0.25, -0.2) is 0 Å². The first-order valence-corrected chi connectivity index (χ1v) is 8.86. The molecule has 0 aliphatic carbocycles. The second-order valence-corrected chi connectivity index (χ2v) is 7.62. The zero-order chi connectivity index (χ0) is 27.1. The Kier molecular flexibility index (Phi) is 8.63. The molecule has 0 bridgehead atoms. The van der Waals surface area contributed by atoms with Crippen molar-refractivity contribution >= 4 is 0 Å². The molecule has 0 unspecified atom stereocenters. The fraction of sp³-hybridized carbons (Fsp3) is 0.882. The molecule has 0 aromatic rings. The highest BCUT2D eigenvalue weighted by Gasteiger charge is 2.94. The molecule has 0 atom stereocenters. The largest absolute Gasteiger partial charge is 0.384 e. The molecule has 0 spiro atoms. The number of allylic oxidation sites excluding steroid dienone is 1. The van der Waals surface area contributed by atoms with Crippen molar-refractivity contribution < 1.29 is 70.2 Å². The highest BCUT2D eigenvalue weighted by Crippen LogP contribution is 2.64. The maximum Gasteiger partial charge on any atom is 0.384 e. The SMILES string of the molecule is C=CCCC(F)(F)C(F)(F)C(F)(F)C(F)(F)C(F)(F)C(F)(F)C(F)(F)C(F)(F)CCC(C)C. The first kappa shape index (κ1) is 31.6. The van der Waals surface area contributed by atoms with Crippen LogP contribution in [0.25, 0.3) is 0 Å². The summed E-state index contributed by atoms with van der Waals surface area (Å²) in [4.78, 5) is 0. The Labute approximate surface area is 177 Å². The zero-order valence-electron chi connectivity index (χ0n) is 16.7. The van der Waals surface area contributed by atoms with Crippen LogP contribution in [0.2, 0.25) is 0 Å². The highest BCUT2D eigenvalue weighted by molar-refractivity contribution is 5.15. The lowest BCUT2D eigenvalue weighted by Crippen LogP contribution is -2.74. The minimum absolute atomic E-state index is 0.392. The van der Waals surface area contributed by atoms with Crippen LogP contribution in [0.1, 0.15) is 39.5 Å². The molecular formula is C17H18F16. The van der Waals surface area contributed by atoms with Gasteiger partial charge in [-0.1, -0.05) is 19.9 Å². The number of rotatable bonds is 13. The second kappa shape index (κ2) is 9.00. The van der Waals surface area contributed by atoms with Gasteiger partial charge in [-0.05, 0) is 18.8 Å². The van der Waals surface area contributed by atoms with Crippen molar-refractivity contribution in [3.8, 4) is 0 Å². The molecule has 0 aliphatic rings. The fourth-order valence-electron chi connectivity index (χ4n) is 2.32. The van der Waals surface area contributed by atoms with Crippen molar-refractivity contribution in [2.75, 3.05) is 0 Å². The van der Waals surface area contributed by atoms with Crippen LogP contribution >= 0.6 is 0 Å². The number of alkyl halides is 16. The van der Waals surface area contributed by atoms with Crippen LogP contribution in [-0.4, -0.2) is 47.4 Å². The zero-order valence-corrected chi connectivity index (χ0v) is 16.7. The third-order valence-corrected chi connectivity index (χ3v) is 4.59. The smallest absolute Gasteiger partial charge is 0.200 e. The quantitative estimate of drug-likeness (QED) is 0.167. The molecule has 0 aromatic heterocycles. The summed E-state index contributed by atoms with van der Waals surface area (Å²) in [6.07, 6.45) is -6.69. The molecule has 0 aromatic carbocycles. The van der Waals surface area contributed by atoms with E-state index in [4.69, 9.17) is 0 Å². The van der Waals surface area contributed by atoms with Crippen molar-refractivity contribution in [1.82, 2.24) is 0 Å². The van der Waals surface area contributed by atoms with Crippen LogP contribution in [0.15, 0.2) is 12.7 Å². The molecule has 33 heavy (non-hydrogen) atoms. The third-order valence-electron chi connectivity index (χ3n) is 4.59. The summed E-state index contributed by atoms with van der Waals surface area (Å²) in [6, 6.07) is 0. The van der Waals surface area contributed by atoms with Gasteiger partial charge in [0.05, 0.1) is 0 Å². The fourth-order valence-corrected chi connectivity index (χ4v) is 2.32. The summed E-state index contributed by atoms with van der Waals surface area (Å²) in [5, 5.41) is 0. The second-order valence-electron chi connectivity index (χ2n) is 7.62. The van der Waals surface area contributed by atoms with E-state index in [9.17, 15) is 70.2 Å². The molecular weight excluding hydrogens is 508 g/mol. The van der Waals surface area contributed by atoms with E-state index in [1.54, 1.807) is 0 Å². The van der Waals surface area contributed by atoms with Crippen LogP contribution in [0.5, 0.6) is 0 Å². The van der Waals surface area contributed by atoms with Gasteiger partial charge in [-0.15, -0.1) is 6.58 Å². The normalized spacial score (nSPS) is 15.8. The molecule has 0 saturated heterocycles. The van der Waals surface area contributed by atoms with Crippen LogP contribution in [0.3, 0.4) is 0 Å². The number of hydrogen-bond donors (Lipinski definition) is 0. The Balaban J connectivity index is 6.60. The van der Waals surface area contributed by atoms with E-state index in [1.165, 1.54) is 0 Å². The number of hydrogen-bond acceptors (Lipinski definition) is 0. The van der Waals surface area contributed by atoms with Gasteiger partial charge >= 0.3 is 47.4 Å². The minimum Gasteiger partial charge on any atom is -0.200 e. The van der Waals surface area contributed by atoms with E-state index in [0.717, 1.165) is 13.8 Å². The minimum atomic E-state index is -8.36. The van der Waals surface area contributed by atoms with Crippen LogP contribution < -0.4 is 0 Å². The van der Waals surface area contributed by atoms with Gasteiger partial charge in [0.15, 0.2) is 0 Å². The van der Waals surface area contributed by atoms with Crippen LogP contribution in [0.4, 0.5) is 70.2 Å². The summed E-state index contributed by atoms with van der Waals surface area (Å²) in [6.45, 7) is 4.86. The molecule has 0 fully saturated rings. The summed E-state index contributed by atoms with van der Waals surface area (Å²) in [7, 11) is 0. The average Bonchev–Trinajstić information content (AvgIpc) is 2.63. The predicted octanol–water partition coefficient (Wildman–Crippen LogP) is 8.47. The molecule has 0 nitrogen and oxygen atoms in total. The molecule has 0 radical (unpaired) electrons. The molecule has 198 valence electrons. The predicted molar refractivity (Wildman–Crippen MR) is 83.1 cm³/mol. The monoisotopic (exact) mass is 526 g/mol. The molecule has 0 heterocycles. The van der Waals surface area contributed by atoms with E-state index < -0.39 is 79.0 Å². The molecule has 0 N–H and O–H groups in total. The van der Waals surface area contributed by atoms with Gasteiger partial charge < -0.3 is 0 Å². The first-order valence-electron chi connectivity index (χ1n) is 8.86. The van der Waals surface area contributed by atoms with Crippen molar-refractivity contribution in [3.05, 3.63) is 12.7 Å². The Bertz CT molecular complexity index is 677. The lowest BCUT2D eigenvalue weighted by Gasteiger charge is -2.43. The Hall–Kier alpha value is -1.38. The highest BCUT2D eigenvalue weighted by atomic mass is 19.4. The molecule has 0 saturated carbocycles. The summed E-state index contributed by atoms with van der Waals surface area (Å²) < 4.78 is 217. The van der Waals surface area contributed by atoms with Crippen molar-refractivity contribution in [1.29, 1.82) is 0 Å².